The highest BCUT2D eigenvalue weighted by Crippen LogP contribution is 2.33. The molecule has 0 amide bonds. The van der Waals surface area contributed by atoms with Crippen molar-refractivity contribution in [2.45, 2.75) is 25.2 Å². The predicted molar refractivity (Wildman–Crippen MR) is 45.9 cm³/mol. The monoisotopic (exact) mass is 183 g/mol. The highest BCUT2D eigenvalue weighted by atomic mass is 16.5. The van der Waals surface area contributed by atoms with E-state index in [4.69, 9.17) is 15.2 Å². The molecule has 4 heteroatoms. The van der Waals surface area contributed by atoms with Crippen molar-refractivity contribution >= 4 is 5.97 Å². The number of rotatable bonds is 2. The van der Waals surface area contributed by atoms with E-state index in [1.807, 2.05) is 12.2 Å². The molecule has 2 bridgehead atoms. The summed E-state index contributed by atoms with van der Waals surface area (Å²) in [6, 6.07) is -0.242. The zero-order valence-corrected chi connectivity index (χ0v) is 7.47. The van der Waals surface area contributed by atoms with Crippen LogP contribution in [0.25, 0.3) is 0 Å². The molecule has 0 aliphatic carbocycles. The van der Waals surface area contributed by atoms with Crippen molar-refractivity contribution in [1.29, 1.82) is 0 Å². The van der Waals surface area contributed by atoms with Gasteiger partial charge in [-0.05, 0) is 6.92 Å². The van der Waals surface area contributed by atoms with Gasteiger partial charge in [0, 0.05) is 0 Å². The molecule has 2 aliphatic heterocycles. The summed E-state index contributed by atoms with van der Waals surface area (Å²) < 4.78 is 10.3. The van der Waals surface area contributed by atoms with Crippen LogP contribution in [0, 0.1) is 5.92 Å². The number of nitrogens with two attached hydrogens (primary N) is 1. The van der Waals surface area contributed by atoms with E-state index in [-0.39, 0.29) is 30.1 Å². The lowest BCUT2D eigenvalue weighted by atomic mass is 9.90. The molecule has 4 nitrogen and oxygen atoms in total. The first kappa shape index (κ1) is 8.72. The average Bonchev–Trinajstić information content (AvgIpc) is 2.63. The van der Waals surface area contributed by atoms with E-state index in [0.29, 0.717) is 6.61 Å². The average molecular weight is 183 g/mol. The highest BCUT2D eigenvalue weighted by Gasteiger charge is 2.48. The fourth-order valence-electron chi connectivity index (χ4n) is 1.87. The normalized spacial score (nSPS) is 41.1. The standard InChI is InChI=1S/C9H13NO3/c1-2-12-9(11)7-5-3-4-6(13-5)8(7)10/h3-8H,2,10H2,1H3/t5-,6+,7-,8+/m1/s1. The molecule has 0 saturated carbocycles. The van der Waals surface area contributed by atoms with Gasteiger partial charge in [0.05, 0.1) is 24.9 Å². The zero-order chi connectivity index (χ0) is 9.42. The summed E-state index contributed by atoms with van der Waals surface area (Å²) in [5.41, 5.74) is 5.82. The lowest BCUT2D eigenvalue weighted by Crippen LogP contribution is -2.42. The quantitative estimate of drug-likeness (QED) is 0.477. The van der Waals surface area contributed by atoms with E-state index in [2.05, 4.69) is 0 Å². The summed E-state index contributed by atoms with van der Waals surface area (Å²) >= 11 is 0. The van der Waals surface area contributed by atoms with E-state index in [1.54, 1.807) is 6.92 Å². The van der Waals surface area contributed by atoms with Crippen molar-refractivity contribution in [3.63, 3.8) is 0 Å². The molecule has 0 aromatic carbocycles. The third kappa shape index (κ3) is 1.26. The second-order valence-corrected chi connectivity index (χ2v) is 3.31. The largest absolute Gasteiger partial charge is 0.466 e. The first-order valence-electron chi connectivity index (χ1n) is 4.50. The van der Waals surface area contributed by atoms with E-state index >= 15 is 0 Å². The Bertz CT molecular complexity index is 251. The molecule has 2 heterocycles. The van der Waals surface area contributed by atoms with Crippen molar-refractivity contribution < 1.29 is 14.3 Å². The summed E-state index contributed by atoms with van der Waals surface area (Å²) in [6.45, 7) is 2.18. The van der Waals surface area contributed by atoms with E-state index in [9.17, 15) is 4.79 Å². The number of ether oxygens (including phenoxy) is 2. The first-order chi connectivity index (χ1) is 6.24. The number of esters is 1. The molecule has 13 heavy (non-hydrogen) atoms. The number of carbonyl (C=O) groups excluding carboxylic acids is 1. The van der Waals surface area contributed by atoms with Gasteiger partial charge in [-0.15, -0.1) is 0 Å². The van der Waals surface area contributed by atoms with Crippen molar-refractivity contribution in [3.05, 3.63) is 12.2 Å². The lowest BCUT2D eigenvalue weighted by molar-refractivity contribution is -0.149. The van der Waals surface area contributed by atoms with Crippen LogP contribution in [0.2, 0.25) is 0 Å². The van der Waals surface area contributed by atoms with Gasteiger partial charge >= 0.3 is 5.97 Å². The van der Waals surface area contributed by atoms with Crippen molar-refractivity contribution in [1.82, 2.24) is 0 Å². The van der Waals surface area contributed by atoms with Crippen LogP contribution in [0.4, 0.5) is 0 Å². The van der Waals surface area contributed by atoms with Gasteiger partial charge in [-0.3, -0.25) is 4.79 Å². The molecular formula is C9H13NO3. The van der Waals surface area contributed by atoms with Gasteiger partial charge in [-0.25, -0.2) is 0 Å². The van der Waals surface area contributed by atoms with Crippen molar-refractivity contribution in [3.8, 4) is 0 Å². The zero-order valence-electron chi connectivity index (χ0n) is 7.47. The third-order valence-electron chi connectivity index (χ3n) is 2.51. The molecule has 1 saturated heterocycles. The summed E-state index contributed by atoms with van der Waals surface area (Å²) in [4.78, 5) is 11.4. The number of fused-ring (bicyclic) bond motifs is 2. The molecule has 0 radical (unpaired) electrons. The van der Waals surface area contributed by atoms with Gasteiger partial charge in [0.1, 0.15) is 5.92 Å². The SMILES string of the molecule is CCOC(=O)[C@H]1[C@@H](N)[C@@H]2C=C[C@H]1O2. The Hall–Kier alpha value is -0.870. The number of hydrogen-bond acceptors (Lipinski definition) is 4. The topological polar surface area (TPSA) is 61.5 Å². The van der Waals surface area contributed by atoms with E-state index < -0.39 is 0 Å². The minimum Gasteiger partial charge on any atom is -0.466 e. The Morgan fingerprint density at radius 2 is 2.23 bits per heavy atom. The summed E-state index contributed by atoms with van der Waals surface area (Å²) in [5, 5.41) is 0. The Kier molecular flexibility index (Phi) is 2.09. The Morgan fingerprint density at radius 1 is 1.54 bits per heavy atom. The molecule has 2 rings (SSSR count). The van der Waals surface area contributed by atoms with E-state index in [0.717, 1.165) is 0 Å². The fourth-order valence-corrected chi connectivity index (χ4v) is 1.87. The third-order valence-corrected chi connectivity index (χ3v) is 2.51. The molecule has 0 unspecified atom stereocenters. The predicted octanol–water partition coefficient (Wildman–Crippen LogP) is -0.170. The number of carbonyl (C=O) groups is 1. The molecule has 2 N–H and O–H groups in total. The van der Waals surface area contributed by atoms with Crippen LogP contribution in [-0.2, 0) is 14.3 Å². The molecule has 0 aromatic heterocycles. The van der Waals surface area contributed by atoms with E-state index in [1.165, 1.54) is 0 Å². The molecular weight excluding hydrogens is 170 g/mol. The Balaban J connectivity index is 2.08. The minimum atomic E-state index is -0.310. The summed E-state index contributed by atoms with van der Waals surface area (Å²) in [7, 11) is 0. The second kappa shape index (κ2) is 3.12. The van der Waals surface area contributed by atoms with Gasteiger partial charge in [0.2, 0.25) is 0 Å². The van der Waals surface area contributed by atoms with Crippen molar-refractivity contribution in [2.24, 2.45) is 11.7 Å². The van der Waals surface area contributed by atoms with Gasteiger partial charge < -0.3 is 15.2 Å². The Labute approximate surface area is 76.7 Å². The fraction of sp³-hybridized carbons (Fsp3) is 0.667. The lowest BCUT2D eigenvalue weighted by Gasteiger charge is -2.19. The summed E-state index contributed by atoms with van der Waals surface area (Å²) in [6.07, 6.45) is 3.53. The smallest absolute Gasteiger partial charge is 0.313 e. The first-order valence-corrected chi connectivity index (χ1v) is 4.50. The van der Waals surface area contributed by atoms with Crippen LogP contribution in [0.15, 0.2) is 12.2 Å². The van der Waals surface area contributed by atoms with Crippen LogP contribution in [-0.4, -0.2) is 30.8 Å². The molecule has 4 atom stereocenters. The maximum atomic E-state index is 11.4. The molecule has 1 fully saturated rings. The second-order valence-electron chi connectivity index (χ2n) is 3.31. The number of hydrogen-bond donors (Lipinski definition) is 1. The van der Waals surface area contributed by atoms with Gasteiger partial charge in [0.15, 0.2) is 0 Å². The summed E-state index contributed by atoms with van der Waals surface area (Å²) in [5.74, 6) is -0.554. The van der Waals surface area contributed by atoms with Crippen LogP contribution in [0.3, 0.4) is 0 Å². The van der Waals surface area contributed by atoms with Crippen molar-refractivity contribution in [2.75, 3.05) is 6.61 Å². The van der Waals surface area contributed by atoms with Crippen LogP contribution in [0.1, 0.15) is 6.92 Å². The molecule has 0 spiro atoms. The van der Waals surface area contributed by atoms with Crippen LogP contribution < -0.4 is 5.73 Å². The van der Waals surface area contributed by atoms with Crippen LogP contribution in [0.5, 0.6) is 0 Å². The molecule has 2 aliphatic rings. The Morgan fingerprint density at radius 3 is 2.77 bits per heavy atom. The molecule has 0 aromatic rings. The van der Waals surface area contributed by atoms with Gasteiger partial charge in [0.25, 0.3) is 0 Å². The van der Waals surface area contributed by atoms with Crippen LogP contribution >= 0.6 is 0 Å². The van der Waals surface area contributed by atoms with Gasteiger partial charge in [-0.1, -0.05) is 12.2 Å². The minimum absolute atomic E-state index is 0.0978. The maximum absolute atomic E-state index is 11.4. The van der Waals surface area contributed by atoms with Gasteiger partial charge in [-0.2, -0.15) is 0 Å². The molecule has 72 valence electrons. The highest BCUT2D eigenvalue weighted by molar-refractivity contribution is 5.75. The maximum Gasteiger partial charge on any atom is 0.313 e.